The van der Waals surface area contributed by atoms with Crippen LogP contribution < -0.4 is 5.56 Å². The zero-order valence-electron chi connectivity index (χ0n) is 14.6. The van der Waals surface area contributed by atoms with Gasteiger partial charge in [0.1, 0.15) is 6.61 Å². The van der Waals surface area contributed by atoms with E-state index in [2.05, 4.69) is 5.10 Å². The second-order valence-electron chi connectivity index (χ2n) is 6.37. The van der Waals surface area contributed by atoms with Gasteiger partial charge in [-0.25, -0.2) is 4.68 Å². The summed E-state index contributed by atoms with van der Waals surface area (Å²) in [6, 6.07) is 11.5. The van der Waals surface area contributed by atoms with E-state index in [0.717, 1.165) is 29.7 Å². The van der Waals surface area contributed by atoms with Crippen molar-refractivity contribution in [1.82, 2.24) is 14.7 Å². The Morgan fingerprint density at radius 2 is 1.92 bits per heavy atom. The van der Waals surface area contributed by atoms with Gasteiger partial charge in [-0.2, -0.15) is 5.10 Å². The lowest BCUT2D eigenvalue weighted by atomic mass is 10.0. The number of aromatic nitrogens is 2. The highest BCUT2D eigenvalue weighted by Gasteiger charge is 2.25. The number of piperidine rings is 1. The Kier molecular flexibility index (Phi) is 5.28. The summed E-state index contributed by atoms with van der Waals surface area (Å²) in [7, 11) is 1.52. The molecule has 0 radical (unpaired) electrons. The number of likely N-dealkylation sites (tertiary alicyclic amines) is 1. The van der Waals surface area contributed by atoms with E-state index in [4.69, 9.17) is 4.74 Å². The van der Waals surface area contributed by atoms with E-state index in [-0.39, 0.29) is 24.1 Å². The fourth-order valence-electron chi connectivity index (χ4n) is 3.27. The van der Waals surface area contributed by atoms with Gasteiger partial charge < -0.3 is 9.64 Å². The molecule has 0 N–H and O–H groups in total. The molecule has 3 rings (SSSR count). The summed E-state index contributed by atoms with van der Waals surface area (Å²) >= 11 is 0. The molecular formula is C19H23N3O3. The number of methoxy groups -OCH3 is 1. The van der Waals surface area contributed by atoms with Crippen LogP contribution in [0.1, 0.15) is 24.4 Å². The fraction of sp³-hybridized carbons (Fsp3) is 0.421. The minimum atomic E-state index is -0.0844. The van der Waals surface area contributed by atoms with Crippen LogP contribution in [0.4, 0.5) is 0 Å². The molecule has 0 aliphatic carbocycles. The quantitative estimate of drug-likeness (QED) is 0.853. The predicted octanol–water partition coefficient (Wildman–Crippen LogP) is 2.03. The van der Waals surface area contributed by atoms with Crippen LogP contribution in [0.5, 0.6) is 0 Å². The van der Waals surface area contributed by atoms with E-state index in [1.807, 2.05) is 37.3 Å². The first kappa shape index (κ1) is 17.4. The van der Waals surface area contributed by atoms with E-state index in [1.54, 1.807) is 15.6 Å². The third-order valence-electron chi connectivity index (χ3n) is 4.63. The number of rotatable bonds is 4. The monoisotopic (exact) mass is 341 g/mol. The summed E-state index contributed by atoms with van der Waals surface area (Å²) in [6.45, 7) is 3.25. The van der Waals surface area contributed by atoms with Crippen molar-refractivity contribution in [3.05, 3.63) is 52.3 Å². The second-order valence-corrected chi connectivity index (χ2v) is 6.37. The number of amides is 1. The van der Waals surface area contributed by atoms with Gasteiger partial charge in [-0.3, -0.25) is 9.59 Å². The van der Waals surface area contributed by atoms with Crippen molar-refractivity contribution in [3.63, 3.8) is 0 Å². The zero-order valence-corrected chi connectivity index (χ0v) is 14.6. The average Bonchev–Trinajstić information content (AvgIpc) is 2.63. The molecule has 1 aliphatic rings. The summed E-state index contributed by atoms with van der Waals surface area (Å²) in [6.07, 6.45) is 1.44. The molecule has 0 saturated carbocycles. The van der Waals surface area contributed by atoms with Crippen LogP contribution in [0.3, 0.4) is 0 Å². The largest absolute Gasteiger partial charge is 0.375 e. The maximum Gasteiger partial charge on any atom is 0.267 e. The maximum atomic E-state index is 12.4. The Labute approximate surface area is 147 Å². The number of carbonyl (C=O) groups excluding carboxylic acids is 1. The summed E-state index contributed by atoms with van der Waals surface area (Å²) in [4.78, 5) is 26.1. The molecule has 0 bridgehead atoms. The summed E-state index contributed by atoms with van der Waals surface area (Å²) in [5, 5.41) is 4.65. The third-order valence-corrected chi connectivity index (χ3v) is 4.63. The number of hydrogen-bond acceptors (Lipinski definition) is 4. The lowest BCUT2D eigenvalue weighted by Crippen LogP contribution is -2.42. The third kappa shape index (κ3) is 3.79. The van der Waals surface area contributed by atoms with Crippen molar-refractivity contribution in [2.45, 2.75) is 25.8 Å². The molecule has 2 heterocycles. The van der Waals surface area contributed by atoms with Gasteiger partial charge in [0.05, 0.1) is 11.7 Å². The van der Waals surface area contributed by atoms with E-state index in [1.165, 1.54) is 7.11 Å². The molecule has 6 nitrogen and oxygen atoms in total. The Morgan fingerprint density at radius 3 is 2.56 bits per heavy atom. The number of aryl methyl sites for hydroxylation is 1. The SMILES string of the molecule is COCC(=O)N1CCC(n2nc(-c3ccccc3)c(C)cc2=O)CC1. The highest BCUT2D eigenvalue weighted by Crippen LogP contribution is 2.24. The van der Waals surface area contributed by atoms with Crippen LogP contribution in [-0.2, 0) is 9.53 Å². The van der Waals surface area contributed by atoms with Crippen molar-refractivity contribution in [3.8, 4) is 11.3 Å². The minimum Gasteiger partial charge on any atom is -0.375 e. The standard InChI is InChI=1S/C19H23N3O3/c1-14-12-17(23)22(20-19(14)15-6-4-3-5-7-15)16-8-10-21(11-9-16)18(24)13-25-2/h3-7,12,16H,8-11,13H2,1-2H3. The fourth-order valence-corrected chi connectivity index (χ4v) is 3.27. The van der Waals surface area contributed by atoms with Crippen LogP contribution >= 0.6 is 0 Å². The molecule has 132 valence electrons. The highest BCUT2D eigenvalue weighted by molar-refractivity contribution is 5.77. The molecule has 1 aromatic carbocycles. The lowest BCUT2D eigenvalue weighted by molar-refractivity contribution is -0.136. The van der Waals surface area contributed by atoms with E-state index < -0.39 is 0 Å². The second kappa shape index (κ2) is 7.61. The number of ether oxygens (including phenoxy) is 1. The first-order valence-electron chi connectivity index (χ1n) is 8.52. The van der Waals surface area contributed by atoms with Gasteiger partial charge in [-0.1, -0.05) is 30.3 Å². The average molecular weight is 341 g/mol. The lowest BCUT2D eigenvalue weighted by Gasteiger charge is -2.32. The Morgan fingerprint density at radius 1 is 1.24 bits per heavy atom. The number of nitrogens with zero attached hydrogens (tertiary/aromatic N) is 3. The van der Waals surface area contributed by atoms with Gasteiger partial charge in [-0.05, 0) is 25.3 Å². The van der Waals surface area contributed by atoms with Crippen molar-refractivity contribution in [1.29, 1.82) is 0 Å². The first-order valence-corrected chi connectivity index (χ1v) is 8.52. The first-order chi connectivity index (χ1) is 12.1. The van der Waals surface area contributed by atoms with Crippen molar-refractivity contribution in [2.75, 3.05) is 26.8 Å². The van der Waals surface area contributed by atoms with Crippen LogP contribution in [-0.4, -0.2) is 47.4 Å². The van der Waals surface area contributed by atoms with Gasteiger partial charge in [-0.15, -0.1) is 0 Å². The van der Waals surface area contributed by atoms with E-state index in [9.17, 15) is 9.59 Å². The highest BCUT2D eigenvalue weighted by atomic mass is 16.5. The zero-order chi connectivity index (χ0) is 17.8. The number of benzene rings is 1. The molecule has 1 amide bonds. The van der Waals surface area contributed by atoms with E-state index >= 15 is 0 Å². The van der Waals surface area contributed by atoms with E-state index in [0.29, 0.717) is 13.1 Å². The molecule has 1 fully saturated rings. The Balaban J connectivity index is 1.82. The van der Waals surface area contributed by atoms with Crippen LogP contribution in [0.2, 0.25) is 0 Å². The normalized spacial score (nSPS) is 15.4. The number of carbonyl (C=O) groups is 1. The van der Waals surface area contributed by atoms with Crippen LogP contribution in [0.25, 0.3) is 11.3 Å². The molecule has 0 spiro atoms. The minimum absolute atomic E-state index is 0.00450. The maximum absolute atomic E-state index is 12.4. The number of hydrogen-bond donors (Lipinski definition) is 0. The van der Waals surface area contributed by atoms with Gasteiger partial charge in [0.15, 0.2) is 0 Å². The summed E-state index contributed by atoms with van der Waals surface area (Å²) in [5.74, 6) is -0.00450. The van der Waals surface area contributed by atoms with Crippen LogP contribution in [0, 0.1) is 6.92 Å². The molecular weight excluding hydrogens is 318 g/mol. The van der Waals surface area contributed by atoms with Crippen LogP contribution in [0.15, 0.2) is 41.2 Å². The molecule has 0 atom stereocenters. The molecule has 1 aliphatic heterocycles. The molecule has 2 aromatic rings. The summed E-state index contributed by atoms with van der Waals surface area (Å²) < 4.78 is 6.50. The smallest absolute Gasteiger partial charge is 0.267 e. The molecule has 6 heteroatoms. The summed E-state index contributed by atoms with van der Waals surface area (Å²) in [5.41, 5.74) is 2.62. The Bertz CT molecular complexity index is 793. The molecule has 1 aromatic heterocycles. The van der Waals surface area contributed by atoms with Gasteiger partial charge in [0, 0.05) is 31.8 Å². The molecule has 1 saturated heterocycles. The predicted molar refractivity (Wildman–Crippen MR) is 95.4 cm³/mol. The topological polar surface area (TPSA) is 64.4 Å². The van der Waals surface area contributed by atoms with Crippen molar-refractivity contribution < 1.29 is 9.53 Å². The molecule has 25 heavy (non-hydrogen) atoms. The Hall–Kier alpha value is -2.47. The van der Waals surface area contributed by atoms with Crippen molar-refractivity contribution >= 4 is 5.91 Å². The molecule has 0 unspecified atom stereocenters. The van der Waals surface area contributed by atoms with Gasteiger partial charge in [0.25, 0.3) is 5.56 Å². The van der Waals surface area contributed by atoms with Gasteiger partial charge in [0.2, 0.25) is 5.91 Å². The van der Waals surface area contributed by atoms with Crippen molar-refractivity contribution in [2.24, 2.45) is 0 Å². The van der Waals surface area contributed by atoms with Gasteiger partial charge >= 0.3 is 0 Å².